The van der Waals surface area contributed by atoms with Gasteiger partial charge in [0, 0.05) is 12.3 Å². The van der Waals surface area contributed by atoms with Crippen molar-refractivity contribution < 1.29 is 24.2 Å². The molecule has 0 spiro atoms. The van der Waals surface area contributed by atoms with Crippen LogP contribution in [0.1, 0.15) is 12.8 Å². The van der Waals surface area contributed by atoms with Gasteiger partial charge in [-0.2, -0.15) is 0 Å². The molecule has 2 rings (SSSR count). The number of ether oxygens (including phenoxy) is 2. The minimum absolute atomic E-state index is 0.156. The number of carboxylic acids is 1. The molecular formula is C13H15NO5. The third-order valence-electron chi connectivity index (χ3n) is 2.71. The van der Waals surface area contributed by atoms with Gasteiger partial charge in [-0.3, -0.25) is 4.79 Å². The average molecular weight is 265 g/mol. The van der Waals surface area contributed by atoms with Crippen LogP contribution in [0.4, 0.5) is 5.69 Å². The highest BCUT2D eigenvalue weighted by molar-refractivity contribution is 5.94. The predicted octanol–water partition coefficient (Wildman–Crippen LogP) is 1.27. The summed E-state index contributed by atoms with van der Waals surface area (Å²) < 4.78 is 10.3. The Labute approximate surface area is 110 Å². The fraction of sp³-hybridized carbons (Fsp3) is 0.385. The quantitative estimate of drug-likeness (QED) is 0.837. The molecule has 0 saturated carbocycles. The molecule has 0 radical (unpaired) electrons. The number of carbonyl (C=O) groups is 2. The largest absolute Gasteiger partial charge is 0.482 e. The smallest absolute Gasteiger partial charge is 0.341 e. The number of hydrogen-bond donors (Lipinski definition) is 2. The molecule has 1 aliphatic heterocycles. The van der Waals surface area contributed by atoms with Crippen molar-refractivity contribution in [3.8, 4) is 5.75 Å². The average Bonchev–Trinajstić information content (AvgIpc) is 2.92. The summed E-state index contributed by atoms with van der Waals surface area (Å²) in [6.45, 7) is 0.238. The van der Waals surface area contributed by atoms with Gasteiger partial charge < -0.3 is 19.9 Å². The maximum absolute atomic E-state index is 11.8. The van der Waals surface area contributed by atoms with E-state index in [1.165, 1.54) is 0 Å². The van der Waals surface area contributed by atoms with Gasteiger partial charge in [-0.15, -0.1) is 0 Å². The van der Waals surface area contributed by atoms with E-state index in [1.807, 2.05) is 0 Å². The van der Waals surface area contributed by atoms with E-state index in [-0.39, 0.29) is 18.6 Å². The fourth-order valence-electron chi connectivity index (χ4n) is 1.79. The lowest BCUT2D eigenvalue weighted by molar-refractivity contribution is -0.139. The Morgan fingerprint density at radius 2 is 2.11 bits per heavy atom. The molecule has 1 fully saturated rings. The second kappa shape index (κ2) is 6.19. The molecule has 1 heterocycles. The van der Waals surface area contributed by atoms with Crippen molar-refractivity contribution in [1.29, 1.82) is 0 Å². The lowest BCUT2D eigenvalue weighted by Crippen LogP contribution is -2.26. The second-order valence-corrected chi connectivity index (χ2v) is 4.20. The molecule has 2 N–H and O–H groups in total. The Kier molecular flexibility index (Phi) is 4.35. The predicted molar refractivity (Wildman–Crippen MR) is 67.2 cm³/mol. The minimum Gasteiger partial charge on any atom is -0.482 e. The summed E-state index contributed by atoms with van der Waals surface area (Å²) in [5, 5.41) is 11.2. The van der Waals surface area contributed by atoms with Crippen LogP contribution in [-0.4, -0.2) is 36.3 Å². The number of aliphatic carboxylic acids is 1. The third kappa shape index (κ3) is 3.96. The Morgan fingerprint density at radius 3 is 2.68 bits per heavy atom. The van der Waals surface area contributed by atoms with E-state index in [4.69, 9.17) is 14.6 Å². The van der Waals surface area contributed by atoms with Crippen LogP contribution >= 0.6 is 0 Å². The van der Waals surface area contributed by atoms with Crippen molar-refractivity contribution in [2.75, 3.05) is 18.5 Å². The zero-order valence-electron chi connectivity index (χ0n) is 10.3. The van der Waals surface area contributed by atoms with Crippen LogP contribution in [0.25, 0.3) is 0 Å². The molecule has 19 heavy (non-hydrogen) atoms. The number of amides is 1. The highest BCUT2D eigenvalue weighted by Gasteiger charge is 2.23. The summed E-state index contributed by atoms with van der Waals surface area (Å²) >= 11 is 0. The minimum atomic E-state index is -1.03. The Hall–Kier alpha value is -2.08. The first-order chi connectivity index (χ1) is 9.15. The van der Waals surface area contributed by atoms with Crippen molar-refractivity contribution >= 4 is 17.6 Å². The van der Waals surface area contributed by atoms with Crippen LogP contribution in [0.5, 0.6) is 5.75 Å². The molecule has 102 valence electrons. The van der Waals surface area contributed by atoms with Crippen molar-refractivity contribution in [2.45, 2.75) is 18.9 Å². The van der Waals surface area contributed by atoms with Gasteiger partial charge in [-0.25, -0.2) is 4.79 Å². The molecule has 0 aromatic heterocycles. The lowest BCUT2D eigenvalue weighted by atomic mass is 10.2. The zero-order chi connectivity index (χ0) is 13.7. The molecule has 1 aliphatic rings. The lowest BCUT2D eigenvalue weighted by Gasteiger charge is -2.10. The van der Waals surface area contributed by atoms with E-state index >= 15 is 0 Å². The van der Waals surface area contributed by atoms with Crippen LogP contribution in [-0.2, 0) is 14.3 Å². The molecule has 1 unspecified atom stereocenters. The zero-order valence-corrected chi connectivity index (χ0v) is 10.3. The molecule has 0 bridgehead atoms. The van der Waals surface area contributed by atoms with Gasteiger partial charge in [0.2, 0.25) is 0 Å². The van der Waals surface area contributed by atoms with Crippen LogP contribution in [0.15, 0.2) is 24.3 Å². The van der Waals surface area contributed by atoms with Crippen LogP contribution in [0.3, 0.4) is 0 Å². The van der Waals surface area contributed by atoms with Crippen LogP contribution in [0.2, 0.25) is 0 Å². The van der Waals surface area contributed by atoms with E-state index < -0.39 is 5.97 Å². The van der Waals surface area contributed by atoms with Gasteiger partial charge in [0.05, 0.1) is 0 Å². The number of nitrogens with one attached hydrogen (secondary N) is 1. The van der Waals surface area contributed by atoms with E-state index in [9.17, 15) is 9.59 Å². The van der Waals surface area contributed by atoms with Gasteiger partial charge >= 0.3 is 5.97 Å². The second-order valence-electron chi connectivity index (χ2n) is 4.20. The van der Waals surface area contributed by atoms with E-state index in [0.717, 1.165) is 12.8 Å². The molecule has 6 nitrogen and oxygen atoms in total. The Morgan fingerprint density at radius 1 is 1.37 bits per heavy atom. The normalized spacial score (nSPS) is 18.0. The maximum Gasteiger partial charge on any atom is 0.341 e. The molecule has 1 aromatic carbocycles. The SMILES string of the molecule is O=C(O)COc1ccc(NC(=O)C2CCCO2)cc1. The molecule has 6 heteroatoms. The third-order valence-corrected chi connectivity index (χ3v) is 2.71. The van der Waals surface area contributed by atoms with E-state index in [2.05, 4.69) is 5.32 Å². The van der Waals surface area contributed by atoms with Gasteiger partial charge in [0.15, 0.2) is 6.61 Å². The van der Waals surface area contributed by atoms with Crippen LogP contribution in [0, 0.1) is 0 Å². The van der Waals surface area contributed by atoms with Gasteiger partial charge in [0.1, 0.15) is 11.9 Å². The highest BCUT2D eigenvalue weighted by Crippen LogP contribution is 2.18. The summed E-state index contributed by atoms with van der Waals surface area (Å²) in [5.41, 5.74) is 0.628. The molecule has 1 amide bonds. The van der Waals surface area contributed by atoms with Crippen molar-refractivity contribution in [2.24, 2.45) is 0 Å². The molecular weight excluding hydrogens is 250 g/mol. The topological polar surface area (TPSA) is 84.9 Å². The maximum atomic E-state index is 11.8. The van der Waals surface area contributed by atoms with E-state index in [1.54, 1.807) is 24.3 Å². The molecule has 1 atom stereocenters. The molecule has 0 aliphatic carbocycles. The standard InChI is InChI=1S/C13H15NO5/c15-12(16)8-19-10-5-3-9(4-6-10)14-13(17)11-2-1-7-18-11/h3-6,11H,1-2,7-8H2,(H,14,17)(H,15,16). The molecule has 1 aromatic rings. The first kappa shape index (κ1) is 13.4. The number of benzene rings is 1. The molecule has 1 saturated heterocycles. The summed E-state index contributed by atoms with van der Waals surface area (Å²) in [6, 6.07) is 6.52. The van der Waals surface area contributed by atoms with Crippen molar-refractivity contribution in [3.63, 3.8) is 0 Å². The van der Waals surface area contributed by atoms with Gasteiger partial charge in [-0.05, 0) is 37.1 Å². The number of anilines is 1. The highest BCUT2D eigenvalue weighted by atomic mass is 16.5. The van der Waals surface area contributed by atoms with Gasteiger partial charge in [0.25, 0.3) is 5.91 Å². The monoisotopic (exact) mass is 265 g/mol. The summed E-state index contributed by atoms with van der Waals surface area (Å²) in [7, 11) is 0. The number of hydrogen-bond acceptors (Lipinski definition) is 4. The number of carboxylic acid groups (broad SMARTS) is 1. The Balaban J connectivity index is 1.87. The number of carbonyl (C=O) groups excluding carboxylic acids is 1. The summed E-state index contributed by atoms with van der Waals surface area (Å²) in [6.07, 6.45) is 1.27. The van der Waals surface area contributed by atoms with Gasteiger partial charge in [-0.1, -0.05) is 0 Å². The van der Waals surface area contributed by atoms with Crippen LogP contribution < -0.4 is 10.1 Å². The number of rotatable bonds is 5. The van der Waals surface area contributed by atoms with Crippen molar-refractivity contribution in [3.05, 3.63) is 24.3 Å². The first-order valence-corrected chi connectivity index (χ1v) is 6.02. The van der Waals surface area contributed by atoms with E-state index in [0.29, 0.717) is 18.0 Å². The first-order valence-electron chi connectivity index (χ1n) is 6.02. The fourth-order valence-corrected chi connectivity index (χ4v) is 1.79. The summed E-state index contributed by atoms with van der Waals surface area (Å²) in [5.74, 6) is -0.745. The van der Waals surface area contributed by atoms with Crippen molar-refractivity contribution in [1.82, 2.24) is 0 Å². The Bertz CT molecular complexity index is 451. The summed E-state index contributed by atoms with van der Waals surface area (Å²) in [4.78, 5) is 22.1.